The quantitative estimate of drug-likeness (QED) is 0.713. The predicted molar refractivity (Wildman–Crippen MR) is 98.6 cm³/mol. The van der Waals surface area contributed by atoms with Crippen molar-refractivity contribution in [2.75, 3.05) is 23.7 Å². The molecule has 0 aliphatic carbocycles. The Hall–Kier alpha value is -2.74. The molecule has 0 saturated carbocycles. The first kappa shape index (κ1) is 19.6. The monoisotopic (exact) mass is 359 g/mol. The molecule has 0 saturated heterocycles. The van der Waals surface area contributed by atoms with Crippen molar-refractivity contribution >= 4 is 23.2 Å². The van der Waals surface area contributed by atoms with Gasteiger partial charge in [0.05, 0.1) is 13.1 Å². The summed E-state index contributed by atoms with van der Waals surface area (Å²) in [6.07, 6.45) is 1.74. The van der Waals surface area contributed by atoms with Crippen LogP contribution in [0, 0.1) is 0 Å². The Bertz CT molecular complexity index is 727. The molecule has 8 heteroatoms. The molecule has 0 radical (unpaired) electrons. The lowest BCUT2D eigenvalue weighted by atomic mass is 10.2. The van der Waals surface area contributed by atoms with Gasteiger partial charge < -0.3 is 15.2 Å². The number of carbonyl (C=O) groups is 2. The zero-order chi connectivity index (χ0) is 18.9. The van der Waals surface area contributed by atoms with Crippen LogP contribution in [0.25, 0.3) is 0 Å². The van der Waals surface area contributed by atoms with Gasteiger partial charge >= 0.3 is 0 Å². The van der Waals surface area contributed by atoms with Crippen LogP contribution < -0.4 is 10.6 Å². The van der Waals surface area contributed by atoms with Crippen molar-refractivity contribution < 1.29 is 14.1 Å². The number of rotatable bonds is 9. The van der Waals surface area contributed by atoms with E-state index in [0.29, 0.717) is 36.2 Å². The summed E-state index contributed by atoms with van der Waals surface area (Å²) in [5.74, 6) is 0.945. The number of anilines is 2. The molecule has 2 aromatic rings. The molecule has 0 fully saturated rings. The molecule has 0 spiro atoms. The number of nitrogens with zero attached hydrogens (tertiary/aromatic N) is 3. The van der Waals surface area contributed by atoms with Gasteiger partial charge in [0.1, 0.15) is 0 Å². The molecular formula is C18H25N5O3. The second kappa shape index (κ2) is 9.67. The van der Waals surface area contributed by atoms with E-state index >= 15 is 0 Å². The summed E-state index contributed by atoms with van der Waals surface area (Å²) in [7, 11) is 0. The molecule has 2 rings (SSSR count). The lowest BCUT2D eigenvalue weighted by Gasteiger charge is -2.17. The Labute approximate surface area is 153 Å². The van der Waals surface area contributed by atoms with Gasteiger partial charge in [-0.2, -0.15) is 4.98 Å². The van der Waals surface area contributed by atoms with Gasteiger partial charge in [-0.3, -0.25) is 14.5 Å². The largest absolute Gasteiger partial charge is 0.338 e. The van der Waals surface area contributed by atoms with Crippen LogP contribution >= 0.6 is 0 Å². The van der Waals surface area contributed by atoms with Crippen LogP contribution in [0.15, 0.2) is 28.8 Å². The zero-order valence-electron chi connectivity index (χ0n) is 15.4. The van der Waals surface area contributed by atoms with Gasteiger partial charge in [-0.25, -0.2) is 0 Å². The maximum Gasteiger partial charge on any atom is 0.240 e. The third kappa shape index (κ3) is 6.29. The van der Waals surface area contributed by atoms with Gasteiger partial charge in [-0.05, 0) is 37.2 Å². The molecule has 0 aliphatic heterocycles. The van der Waals surface area contributed by atoms with E-state index in [1.807, 2.05) is 11.8 Å². The first-order valence-electron chi connectivity index (χ1n) is 8.71. The van der Waals surface area contributed by atoms with Crippen molar-refractivity contribution in [1.82, 2.24) is 15.0 Å². The fourth-order valence-electron chi connectivity index (χ4n) is 2.39. The minimum atomic E-state index is -0.136. The molecule has 140 valence electrons. The molecule has 2 amide bonds. The molecule has 2 N–H and O–H groups in total. The van der Waals surface area contributed by atoms with Crippen LogP contribution in [0.3, 0.4) is 0 Å². The van der Waals surface area contributed by atoms with Crippen molar-refractivity contribution in [3.63, 3.8) is 0 Å². The van der Waals surface area contributed by atoms with Gasteiger partial charge in [0.2, 0.25) is 17.7 Å². The van der Waals surface area contributed by atoms with Crippen LogP contribution in [0.4, 0.5) is 11.4 Å². The number of benzene rings is 1. The Kier molecular flexibility index (Phi) is 7.28. The van der Waals surface area contributed by atoms with Crippen molar-refractivity contribution in [1.29, 1.82) is 0 Å². The summed E-state index contributed by atoms with van der Waals surface area (Å²) < 4.78 is 5.23. The minimum absolute atomic E-state index is 0.132. The number of likely N-dealkylation sites (N-methyl/N-ethyl adjacent to an activating group) is 1. The van der Waals surface area contributed by atoms with Crippen LogP contribution in [0.1, 0.15) is 38.9 Å². The summed E-state index contributed by atoms with van der Waals surface area (Å²) in [5.41, 5.74) is 1.35. The molecular weight excluding hydrogens is 334 g/mol. The van der Waals surface area contributed by atoms with Crippen molar-refractivity contribution in [2.45, 2.75) is 40.2 Å². The number of hydrogen-bond donors (Lipinski definition) is 2. The van der Waals surface area contributed by atoms with Crippen LogP contribution in [0.5, 0.6) is 0 Å². The maximum absolute atomic E-state index is 12.3. The number of carbonyl (C=O) groups excluding carboxylic acids is 2. The molecule has 0 atom stereocenters. The third-order valence-electron chi connectivity index (χ3n) is 3.65. The normalized spacial score (nSPS) is 10.8. The zero-order valence-corrected chi connectivity index (χ0v) is 15.4. The Morgan fingerprint density at radius 3 is 2.35 bits per heavy atom. The second-order valence-electron chi connectivity index (χ2n) is 5.96. The van der Waals surface area contributed by atoms with E-state index in [1.165, 1.54) is 6.92 Å². The molecule has 0 aliphatic rings. The average Bonchev–Trinajstić information content (AvgIpc) is 3.03. The lowest BCUT2D eigenvalue weighted by molar-refractivity contribution is -0.117. The van der Waals surface area contributed by atoms with E-state index in [0.717, 1.165) is 12.8 Å². The smallest absolute Gasteiger partial charge is 0.240 e. The topological polar surface area (TPSA) is 100 Å². The predicted octanol–water partition coefficient (Wildman–Crippen LogP) is 2.44. The van der Waals surface area contributed by atoms with Gasteiger partial charge in [0.15, 0.2) is 5.82 Å². The van der Waals surface area contributed by atoms with Crippen LogP contribution in [-0.2, 0) is 22.6 Å². The van der Waals surface area contributed by atoms with Crippen molar-refractivity contribution in [3.8, 4) is 0 Å². The molecule has 0 bridgehead atoms. The molecule has 1 heterocycles. The lowest BCUT2D eigenvalue weighted by Crippen LogP contribution is -2.32. The summed E-state index contributed by atoms with van der Waals surface area (Å²) in [6.45, 7) is 6.81. The minimum Gasteiger partial charge on any atom is -0.338 e. The Morgan fingerprint density at radius 1 is 1.12 bits per heavy atom. The van der Waals surface area contributed by atoms with Crippen molar-refractivity contribution in [2.24, 2.45) is 0 Å². The first-order valence-corrected chi connectivity index (χ1v) is 8.71. The van der Waals surface area contributed by atoms with Gasteiger partial charge in [-0.15, -0.1) is 0 Å². The highest BCUT2D eigenvalue weighted by Crippen LogP contribution is 2.13. The van der Waals surface area contributed by atoms with Crippen LogP contribution in [0.2, 0.25) is 0 Å². The number of hydrogen-bond acceptors (Lipinski definition) is 6. The number of nitrogens with one attached hydrogen (secondary N) is 2. The van der Waals surface area contributed by atoms with Gasteiger partial charge in [0, 0.05) is 24.7 Å². The number of aromatic nitrogens is 2. The fourth-order valence-corrected chi connectivity index (χ4v) is 2.39. The maximum atomic E-state index is 12.3. The summed E-state index contributed by atoms with van der Waals surface area (Å²) in [4.78, 5) is 29.5. The molecule has 0 unspecified atom stereocenters. The highest BCUT2D eigenvalue weighted by molar-refractivity contribution is 5.93. The molecule has 26 heavy (non-hydrogen) atoms. The third-order valence-corrected chi connectivity index (χ3v) is 3.65. The SMILES string of the molecule is CCCc1noc(CN(CC)CC(=O)Nc2ccc(NC(C)=O)cc2)n1. The van der Waals surface area contributed by atoms with E-state index in [9.17, 15) is 9.59 Å². The number of amides is 2. The van der Waals surface area contributed by atoms with E-state index in [1.54, 1.807) is 24.3 Å². The summed E-state index contributed by atoms with van der Waals surface area (Å²) in [6, 6.07) is 6.97. The average molecular weight is 359 g/mol. The standard InChI is InChI=1S/C18H25N5O3/c1-4-6-16-21-18(26-22-16)12-23(5-2)11-17(25)20-15-9-7-14(8-10-15)19-13(3)24/h7-10H,4-6,11-12H2,1-3H3,(H,19,24)(H,20,25). The number of aryl methyl sites for hydroxylation is 1. The van der Waals surface area contributed by atoms with Crippen LogP contribution in [-0.4, -0.2) is 39.9 Å². The Balaban J connectivity index is 1.86. The molecule has 1 aromatic carbocycles. The van der Waals surface area contributed by atoms with E-state index < -0.39 is 0 Å². The van der Waals surface area contributed by atoms with Gasteiger partial charge in [0.25, 0.3) is 0 Å². The van der Waals surface area contributed by atoms with Crippen molar-refractivity contribution in [3.05, 3.63) is 36.0 Å². The highest BCUT2D eigenvalue weighted by Gasteiger charge is 2.14. The van der Waals surface area contributed by atoms with E-state index in [2.05, 4.69) is 27.7 Å². The Morgan fingerprint density at radius 2 is 1.77 bits per heavy atom. The van der Waals surface area contributed by atoms with E-state index in [-0.39, 0.29) is 18.4 Å². The summed E-state index contributed by atoms with van der Waals surface area (Å²) in [5, 5.41) is 9.45. The highest BCUT2D eigenvalue weighted by atomic mass is 16.5. The van der Waals surface area contributed by atoms with Gasteiger partial charge in [-0.1, -0.05) is 19.0 Å². The molecule has 1 aromatic heterocycles. The fraction of sp³-hybridized carbons (Fsp3) is 0.444. The van der Waals surface area contributed by atoms with E-state index in [4.69, 9.17) is 4.52 Å². The second-order valence-corrected chi connectivity index (χ2v) is 5.96. The molecule has 8 nitrogen and oxygen atoms in total. The first-order chi connectivity index (χ1) is 12.5. The summed E-state index contributed by atoms with van der Waals surface area (Å²) >= 11 is 0.